The highest BCUT2D eigenvalue weighted by Crippen LogP contribution is 2.29. The Balaban J connectivity index is 1.75. The number of ether oxygens (including phenoxy) is 2. The molecule has 0 unspecified atom stereocenters. The number of methoxy groups -OCH3 is 2. The molecular weight excluding hydrogens is 484 g/mol. The number of aromatic nitrogens is 4. The first-order valence-electron chi connectivity index (χ1n) is 12.3. The van der Waals surface area contributed by atoms with E-state index in [4.69, 9.17) is 25.6 Å². The highest BCUT2D eigenvalue weighted by atomic mass is 16.5. The number of anilines is 1. The average molecular weight is 519 g/mol. The largest absolute Gasteiger partial charge is 0.497 e. The first kappa shape index (κ1) is 26.8. The summed E-state index contributed by atoms with van der Waals surface area (Å²) in [6, 6.07) is 5.48. The van der Waals surface area contributed by atoms with Gasteiger partial charge in [-0.25, -0.2) is 15.0 Å². The number of nitrogens with one attached hydrogen (secondary N) is 2. The van der Waals surface area contributed by atoms with Crippen molar-refractivity contribution in [1.82, 2.24) is 29.7 Å². The Bertz CT molecular complexity index is 1400. The minimum Gasteiger partial charge on any atom is -0.497 e. The number of nitrogens with zero attached hydrogens (tertiary/aromatic N) is 5. The average Bonchev–Trinajstić information content (AvgIpc) is 2.91. The zero-order chi connectivity index (χ0) is 27.4. The lowest BCUT2D eigenvalue weighted by molar-refractivity contribution is 0.244. The second-order valence-electron chi connectivity index (χ2n) is 9.41. The van der Waals surface area contributed by atoms with Gasteiger partial charge in [0.05, 0.1) is 26.1 Å². The number of nitrogen functional groups attached to an aromatic ring is 1. The Morgan fingerprint density at radius 3 is 2.37 bits per heavy atom. The summed E-state index contributed by atoms with van der Waals surface area (Å²) in [5, 5.41) is 11.8. The number of likely N-dealkylation sites (tertiary alicyclic amines) is 1. The van der Waals surface area contributed by atoms with E-state index in [1.54, 1.807) is 58.8 Å². The van der Waals surface area contributed by atoms with Crippen LogP contribution in [0.3, 0.4) is 0 Å². The lowest BCUT2D eigenvalue weighted by atomic mass is 10.0. The second kappa shape index (κ2) is 11.4. The predicted molar refractivity (Wildman–Crippen MR) is 148 cm³/mol. The van der Waals surface area contributed by atoms with Crippen LogP contribution in [0.2, 0.25) is 0 Å². The highest BCUT2D eigenvalue weighted by Gasteiger charge is 2.19. The summed E-state index contributed by atoms with van der Waals surface area (Å²) in [7, 11) is 6.84. The molecule has 4 rings (SSSR count). The standard InChI is InChI=1S/C27H34N8O3/c1-16(28)21(13-30-18-6-8-34(2)9-7-18)22-14-31-26(29)25(32-22)23-15-35(3)27(36)24(33-23)17-10-19(37-4)12-20(11-17)38-5/h10-15,18,28,30H,6-9H2,1-5H3,(H2,29,31)/b21-13+,28-16?. The van der Waals surface area contributed by atoms with Crippen LogP contribution in [0.15, 0.2) is 41.6 Å². The molecule has 3 heterocycles. The van der Waals surface area contributed by atoms with Gasteiger partial charge in [-0.05, 0) is 52.0 Å². The highest BCUT2D eigenvalue weighted by molar-refractivity contribution is 6.20. The molecule has 0 radical (unpaired) electrons. The molecule has 4 N–H and O–H groups in total. The van der Waals surface area contributed by atoms with Crippen molar-refractivity contribution in [3.8, 4) is 34.1 Å². The van der Waals surface area contributed by atoms with Crippen molar-refractivity contribution < 1.29 is 9.47 Å². The van der Waals surface area contributed by atoms with Crippen LogP contribution in [0, 0.1) is 5.41 Å². The van der Waals surface area contributed by atoms with Gasteiger partial charge in [0.15, 0.2) is 5.82 Å². The molecule has 1 saturated heterocycles. The van der Waals surface area contributed by atoms with Gasteiger partial charge in [0.2, 0.25) is 0 Å². The zero-order valence-electron chi connectivity index (χ0n) is 22.4. The van der Waals surface area contributed by atoms with Crippen LogP contribution in [0.1, 0.15) is 25.5 Å². The molecule has 200 valence electrons. The molecule has 0 atom stereocenters. The van der Waals surface area contributed by atoms with Crippen molar-refractivity contribution in [2.24, 2.45) is 7.05 Å². The van der Waals surface area contributed by atoms with E-state index in [1.165, 1.54) is 4.57 Å². The van der Waals surface area contributed by atoms with E-state index in [9.17, 15) is 4.79 Å². The Morgan fingerprint density at radius 1 is 1.11 bits per heavy atom. The van der Waals surface area contributed by atoms with Crippen molar-refractivity contribution in [3.63, 3.8) is 0 Å². The van der Waals surface area contributed by atoms with E-state index in [0.29, 0.717) is 51.5 Å². The number of rotatable bonds is 8. The summed E-state index contributed by atoms with van der Waals surface area (Å²) >= 11 is 0. The molecule has 0 saturated carbocycles. The van der Waals surface area contributed by atoms with Crippen molar-refractivity contribution in [3.05, 3.63) is 52.8 Å². The first-order valence-corrected chi connectivity index (χ1v) is 12.3. The van der Waals surface area contributed by atoms with Gasteiger partial charge in [0.25, 0.3) is 5.56 Å². The van der Waals surface area contributed by atoms with Crippen LogP contribution in [-0.4, -0.2) is 70.5 Å². The van der Waals surface area contributed by atoms with Crippen LogP contribution >= 0.6 is 0 Å². The monoisotopic (exact) mass is 518 g/mol. The number of aryl methyl sites for hydroxylation is 1. The maximum absolute atomic E-state index is 13.1. The van der Waals surface area contributed by atoms with Crippen LogP contribution in [0.5, 0.6) is 11.5 Å². The summed E-state index contributed by atoms with van der Waals surface area (Å²) in [6.07, 6.45) is 7.01. The number of hydrogen-bond donors (Lipinski definition) is 3. The van der Waals surface area contributed by atoms with Gasteiger partial charge in [-0.3, -0.25) is 4.79 Å². The fourth-order valence-electron chi connectivity index (χ4n) is 4.32. The molecule has 0 spiro atoms. The molecule has 1 aromatic carbocycles. The third-order valence-corrected chi connectivity index (χ3v) is 6.60. The molecule has 1 aliphatic heterocycles. The smallest absolute Gasteiger partial charge is 0.276 e. The summed E-state index contributed by atoms with van der Waals surface area (Å²) in [4.78, 5) is 29.1. The molecule has 11 heteroatoms. The van der Waals surface area contributed by atoms with E-state index >= 15 is 0 Å². The minimum atomic E-state index is -0.301. The molecule has 0 bridgehead atoms. The summed E-state index contributed by atoms with van der Waals surface area (Å²) in [5.41, 5.74) is 8.79. The van der Waals surface area contributed by atoms with E-state index in [2.05, 4.69) is 27.2 Å². The Hall–Kier alpha value is -4.25. The van der Waals surface area contributed by atoms with Crippen molar-refractivity contribution in [2.75, 3.05) is 40.1 Å². The second-order valence-corrected chi connectivity index (χ2v) is 9.41. The maximum Gasteiger partial charge on any atom is 0.276 e. The third kappa shape index (κ3) is 5.83. The van der Waals surface area contributed by atoms with Gasteiger partial charge < -0.3 is 35.4 Å². The Morgan fingerprint density at radius 2 is 1.76 bits per heavy atom. The van der Waals surface area contributed by atoms with E-state index in [0.717, 1.165) is 25.9 Å². The van der Waals surface area contributed by atoms with Gasteiger partial charge in [-0.15, -0.1) is 0 Å². The SMILES string of the molecule is COc1cc(OC)cc(-c2nc(-c3nc(/C(=C/NC4CCN(C)CC4)C(C)=N)cnc3N)cn(C)c2=O)c1. The number of hydrogen-bond acceptors (Lipinski definition) is 10. The maximum atomic E-state index is 13.1. The lowest BCUT2D eigenvalue weighted by Crippen LogP contribution is -2.39. The van der Waals surface area contributed by atoms with Gasteiger partial charge in [0, 0.05) is 48.4 Å². The van der Waals surface area contributed by atoms with Gasteiger partial charge >= 0.3 is 0 Å². The van der Waals surface area contributed by atoms with Crippen LogP contribution in [0.4, 0.5) is 5.82 Å². The van der Waals surface area contributed by atoms with E-state index in [1.807, 2.05) is 6.20 Å². The van der Waals surface area contributed by atoms with Crippen LogP contribution in [0.25, 0.3) is 28.2 Å². The molecule has 1 aliphatic rings. The number of piperidine rings is 1. The minimum absolute atomic E-state index is 0.166. The normalized spacial score (nSPS) is 14.8. The van der Waals surface area contributed by atoms with E-state index in [-0.39, 0.29) is 17.1 Å². The molecule has 11 nitrogen and oxygen atoms in total. The molecule has 1 fully saturated rings. The number of allylic oxidation sites excluding steroid dienone is 1. The van der Waals surface area contributed by atoms with Gasteiger partial charge in [-0.1, -0.05) is 0 Å². The predicted octanol–water partition coefficient (Wildman–Crippen LogP) is 2.57. The molecule has 0 aliphatic carbocycles. The topological polar surface area (TPSA) is 144 Å². The van der Waals surface area contributed by atoms with Crippen molar-refractivity contribution in [1.29, 1.82) is 5.41 Å². The first-order chi connectivity index (χ1) is 18.2. The molecule has 3 aromatic rings. The van der Waals surface area contributed by atoms with Crippen molar-refractivity contribution in [2.45, 2.75) is 25.8 Å². The fraction of sp³-hybridized carbons (Fsp3) is 0.370. The molecular formula is C27H34N8O3. The number of nitrogens with two attached hydrogens (primary N) is 1. The number of benzene rings is 1. The molecule has 2 aromatic heterocycles. The fourth-order valence-corrected chi connectivity index (χ4v) is 4.32. The van der Waals surface area contributed by atoms with Gasteiger partial charge in [0.1, 0.15) is 28.6 Å². The molecule has 0 amide bonds. The Kier molecular flexibility index (Phi) is 8.06. The van der Waals surface area contributed by atoms with Crippen LogP contribution < -0.4 is 26.1 Å². The Labute approximate surface area is 221 Å². The lowest BCUT2D eigenvalue weighted by Gasteiger charge is -2.29. The third-order valence-electron chi connectivity index (χ3n) is 6.60. The zero-order valence-corrected chi connectivity index (χ0v) is 22.4. The quantitative estimate of drug-likeness (QED) is 0.383. The molecule has 38 heavy (non-hydrogen) atoms. The summed E-state index contributed by atoms with van der Waals surface area (Å²) < 4.78 is 12.2. The van der Waals surface area contributed by atoms with Crippen molar-refractivity contribution >= 4 is 17.1 Å². The van der Waals surface area contributed by atoms with Crippen LogP contribution in [-0.2, 0) is 7.05 Å². The van der Waals surface area contributed by atoms with E-state index < -0.39 is 0 Å². The summed E-state index contributed by atoms with van der Waals surface area (Å²) in [6.45, 7) is 3.75. The van der Waals surface area contributed by atoms with Gasteiger partial charge in [-0.2, -0.15) is 0 Å². The summed E-state index contributed by atoms with van der Waals surface area (Å²) in [5.74, 6) is 1.23.